The van der Waals surface area contributed by atoms with Gasteiger partial charge in [0.25, 0.3) is 5.69 Å². The van der Waals surface area contributed by atoms with Crippen LogP contribution < -0.4 is 5.32 Å². The molecule has 0 saturated carbocycles. The first-order valence-corrected chi connectivity index (χ1v) is 7.30. The van der Waals surface area contributed by atoms with Crippen LogP contribution in [0.15, 0.2) is 22.7 Å². The standard InChI is InChI=1S/C14H21BrN2O2/c1-9(2)12(10(3)4)8-16-13-7-11(15)5-6-14(13)17(18)19/h5-7,9-10,12,16H,8H2,1-4H3. The van der Waals surface area contributed by atoms with E-state index in [2.05, 4.69) is 48.9 Å². The second-order valence-electron chi connectivity index (χ2n) is 5.45. The molecule has 1 N–H and O–H groups in total. The van der Waals surface area contributed by atoms with Gasteiger partial charge in [0.05, 0.1) is 4.92 Å². The number of nitrogens with zero attached hydrogens (tertiary/aromatic N) is 1. The summed E-state index contributed by atoms with van der Waals surface area (Å²) >= 11 is 3.35. The van der Waals surface area contributed by atoms with Crippen molar-refractivity contribution in [1.29, 1.82) is 0 Å². The Morgan fingerprint density at radius 2 is 1.84 bits per heavy atom. The van der Waals surface area contributed by atoms with E-state index in [0.717, 1.165) is 11.0 Å². The Morgan fingerprint density at radius 3 is 2.32 bits per heavy atom. The summed E-state index contributed by atoms with van der Waals surface area (Å²) in [5.74, 6) is 1.57. The van der Waals surface area contributed by atoms with Gasteiger partial charge in [0, 0.05) is 17.1 Å². The van der Waals surface area contributed by atoms with Gasteiger partial charge in [-0.3, -0.25) is 10.1 Å². The summed E-state index contributed by atoms with van der Waals surface area (Å²) in [7, 11) is 0. The van der Waals surface area contributed by atoms with Gasteiger partial charge in [0.2, 0.25) is 0 Å². The van der Waals surface area contributed by atoms with Crippen LogP contribution in [0.1, 0.15) is 27.7 Å². The van der Waals surface area contributed by atoms with E-state index in [1.54, 1.807) is 12.1 Å². The topological polar surface area (TPSA) is 55.2 Å². The lowest BCUT2D eigenvalue weighted by Crippen LogP contribution is -2.24. The summed E-state index contributed by atoms with van der Waals surface area (Å²) in [5, 5.41) is 14.2. The third-order valence-corrected chi connectivity index (χ3v) is 3.89. The summed E-state index contributed by atoms with van der Waals surface area (Å²) in [6.07, 6.45) is 0. The lowest BCUT2D eigenvalue weighted by molar-refractivity contribution is -0.384. The molecule has 0 radical (unpaired) electrons. The first-order valence-electron chi connectivity index (χ1n) is 6.50. The van der Waals surface area contributed by atoms with Crippen molar-refractivity contribution in [2.45, 2.75) is 27.7 Å². The molecule has 0 aromatic heterocycles. The Kier molecular flexibility index (Phi) is 5.79. The van der Waals surface area contributed by atoms with Crippen molar-refractivity contribution in [2.75, 3.05) is 11.9 Å². The minimum atomic E-state index is -0.353. The molecule has 0 fully saturated rings. The molecule has 19 heavy (non-hydrogen) atoms. The van der Waals surface area contributed by atoms with E-state index in [4.69, 9.17) is 0 Å². The molecule has 0 amide bonds. The lowest BCUT2D eigenvalue weighted by Gasteiger charge is -2.25. The van der Waals surface area contributed by atoms with Crippen LogP contribution in [0.2, 0.25) is 0 Å². The molecule has 0 aliphatic heterocycles. The smallest absolute Gasteiger partial charge is 0.292 e. The van der Waals surface area contributed by atoms with Crippen molar-refractivity contribution in [2.24, 2.45) is 17.8 Å². The molecule has 0 saturated heterocycles. The molecule has 0 spiro atoms. The van der Waals surface area contributed by atoms with Gasteiger partial charge in [0.15, 0.2) is 0 Å². The first kappa shape index (κ1) is 16.0. The molecule has 1 aromatic rings. The predicted octanol–water partition coefficient (Wildman–Crippen LogP) is 4.70. The van der Waals surface area contributed by atoms with Crippen LogP contribution >= 0.6 is 15.9 Å². The molecular weight excluding hydrogens is 308 g/mol. The van der Waals surface area contributed by atoms with Crippen molar-refractivity contribution >= 4 is 27.3 Å². The average molecular weight is 329 g/mol. The third-order valence-electron chi connectivity index (χ3n) is 3.40. The van der Waals surface area contributed by atoms with Gasteiger partial charge >= 0.3 is 0 Å². The predicted molar refractivity (Wildman–Crippen MR) is 82.5 cm³/mol. The molecule has 5 heteroatoms. The normalized spacial score (nSPS) is 11.4. The zero-order chi connectivity index (χ0) is 14.6. The van der Waals surface area contributed by atoms with E-state index in [-0.39, 0.29) is 10.6 Å². The molecule has 0 heterocycles. The highest BCUT2D eigenvalue weighted by atomic mass is 79.9. The molecule has 0 aliphatic rings. The number of anilines is 1. The van der Waals surface area contributed by atoms with E-state index in [1.807, 2.05) is 0 Å². The largest absolute Gasteiger partial charge is 0.379 e. The molecule has 0 atom stereocenters. The maximum atomic E-state index is 11.0. The quantitative estimate of drug-likeness (QED) is 0.608. The van der Waals surface area contributed by atoms with E-state index < -0.39 is 0 Å². The Bertz CT molecular complexity index is 439. The SMILES string of the molecule is CC(C)C(CNc1cc(Br)ccc1[N+](=O)[O-])C(C)C. The van der Waals surface area contributed by atoms with Crippen LogP contribution in [0.5, 0.6) is 0 Å². The van der Waals surface area contributed by atoms with Gasteiger partial charge in [-0.05, 0) is 29.9 Å². The third kappa shape index (κ3) is 4.49. The number of nitrogens with one attached hydrogen (secondary N) is 1. The van der Waals surface area contributed by atoms with Gasteiger partial charge < -0.3 is 5.32 Å². The summed E-state index contributed by atoms with van der Waals surface area (Å²) in [6.45, 7) is 9.47. The van der Waals surface area contributed by atoms with Crippen molar-refractivity contribution < 1.29 is 4.92 Å². The van der Waals surface area contributed by atoms with Crippen LogP contribution in [0, 0.1) is 27.9 Å². The molecule has 1 rings (SSSR count). The van der Waals surface area contributed by atoms with E-state index >= 15 is 0 Å². The number of nitro benzene ring substituents is 1. The Labute approximate surface area is 122 Å². The van der Waals surface area contributed by atoms with Crippen LogP contribution in [-0.2, 0) is 0 Å². The van der Waals surface area contributed by atoms with Crippen molar-refractivity contribution in [3.05, 3.63) is 32.8 Å². The fourth-order valence-electron chi connectivity index (χ4n) is 2.28. The Hall–Kier alpha value is -1.10. The first-order chi connectivity index (χ1) is 8.82. The Balaban J connectivity index is 2.87. The number of hydrogen-bond acceptors (Lipinski definition) is 3. The summed E-state index contributed by atoms with van der Waals surface area (Å²) in [5.41, 5.74) is 0.695. The van der Waals surface area contributed by atoms with Gasteiger partial charge in [-0.25, -0.2) is 0 Å². The molecule has 0 bridgehead atoms. The lowest BCUT2D eigenvalue weighted by atomic mass is 9.85. The van der Waals surface area contributed by atoms with Crippen LogP contribution in [0.25, 0.3) is 0 Å². The highest BCUT2D eigenvalue weighted by molar-refractivity contribution is 9.10. The van der Waals surface area contributed by atoms with Crippen molar-refractivity contribution in [3.63, 3.8) is 0 Å². The second kappa shape index (κ2) is 6.89. The number of rotatable bonds is 6. The van der Waals surface area contributed by atoms with Gasteiger partial charge in [0.1, 0.15) is 5.69 Å². The fraction of sp³-hybridized carbons (Fsp3) is 0.571. The van der Waals surface area contributed by atoms with E-state index in [9.17, 15) is 10.1 Å². The zero-order valence-electron chi connectivity index (χ0n) is 11.8. The maximum absolute atomic E-state index is 11.0. The molecule has 1 aromatic carbocycles. The number of halogens is 1. The summed E-state index contributed by atoms with van der Waals surface area (Å²) in [6, 6.07) is 4.97. The molecule has 106 valence electrons. The van der Waals surface area contributed by atoms with Gasteiger partial charge in [-0.1, -0.05) is 43.6 Å². The minimum Gasteiger partial charge on any atom is -0.379 e. The number of hydrogen-bond donors (Lipinski definition) is 1. The van der Waals surface area contributed by atoms with Gasteiger partial charge in [-0.2, -0.15) is 0 Å². The Morgan fingerprint density at radius 1 is 1.26 bits per heavy atom. The summed E-state index contributed by atoms with van der Waals surface area (Å²) < 4.78 is 0.839. The number of nitro groups is 1. The zero-order valence-corrected chi connectivity index (χ0v) is 13.4. The van der Waals surface area contributed by atoms with Crippen LogP contribution in [0.4, 0.5) is 11.4 Å². The second-order valence-corrected chi connectivity index (χ2v) is 6.37. The van der Waals surface area contributed by atoms with Crippen molar-refractivity contribution in [3.8, 4) is 0 Å². The molecule has 0 aliphatic carbocycles. The van der Waals surface area contributed by atoms with Gasteiger partial charge in [-0.15, -0.1) is 0 Å². The molecule has 0 unspecified atom stereocenters. The molecule has 4 nitrogen and oxygen atoms in total. The maximum Gasteiger partial charge on any atom is 0.292 e. The highest BCUT2D eigenvalue weighted by Gasteiger charge is 2.19. The van der Waals surface area contributed by atoms with Crippen LogP contribution in [0.3, 0.4) is 0 Å². The van der Waals surface area contributed by atoms with E-state index in [0.29, 0.717) is 23.4 Å². The average Bonchev–Trinajstić information content (AvgIpc) is 2.27. The highest BCUT2D eigenvalue weighted by Crippen LogP contribution is 2.29. The fourth-order valence-corrected chi connectivity index (χ4v) is 2.64. The van der Waals surface area contributed by atoms with E-state index in [1.165, 1.54) is 6.07 Å². The minimum absolute atomic E-state index is 0.120. The summed E-state index contributed by atoms with van der Waals surface area (Å²) in [4.78, 5) is 10.6. The van der Waals surface area contributed by atoms with Crippen molar-refractivity contribution in [1.82, 2.24) is 0 Å². The molecular formula is C14H21BrN2O2. The monoisotopic (exact) mass is 328 g/mol. The number of benzene rings is 1. The van der Waals surface area contributed by atoms with Crippen LogP contribution in [-0.4, -0.2) is 11.5 Å².